The van der Waals surface area contributed by atoms with E-state index in [0.29, 0.717) is 12.0 Å². The summed E-state index contributed by atoms with van der Waals surface area (Å²) in [5, 5.41) is 0. The van der Waals surface area contributed by atoms with Crippen molar-refractivity contribution < 1.29 is 73.9 Å². The molecule has 0 aromatic heterocycles. The zero-order chi connectivity index (χ0) is 12.2. The maximum atomic E-state index is 12.3. The maximum Gasteiger partial charge on any atom is 1.00 e. The number of halogens is 3. The molecule has 0 aliphatic carbocycles. The van der Waals surface area contributed by atoms with Gasteiger partial charge in [-0.15, -0.1) is 5.46 Å². The molecule has 0 N–H and O–H groups in total. The van der Waals surface area contributed by atoms with Crippen LogP contribution in [0.25, 0.3) is 0 Å². The van der Waals surface area contributed by atoms with Gasteiger partial charge in [-0.1, -0.05) is 24.3 Å². The van der Waals surface area contributed by atoms with Gasteiger partial charge in [-0.2, -0.15) is 0 Å². The number of aryl methyl sites for hydroxylation is 1. The molecule has 0 fully saturated rings. The van der Waals surface area contributed by atoms with Crippen molar-refractivity contribution in [3.05, 3.63) is 29.8 Å². The molecule has 0 aliphatic heterocycles. The second kappa shape index (κ2) is 7.58. The minimum Gasteiger partial charge on any atom is -0.469 e. The van der Waals surface area contributed by atoms with Crippen LogP contribution in [0.2, 0.25) is 0 Å². The van der Waals surface area contributed by atoms with Crippen LogP contribution in [0.15, 0.2) is 24.3 Å². The van der Waals surface area contributed by atoms with Gasteiger partial charge < -0.3 is 17.7 Å². The van der Waals surface area contributed by atoms with E-state index in [9.17, 15) is 17.7 Å². The smallest absolute Gasteiger partial charge is 0.469 e. The Morgan fingerprint density at radius 3 is 2.18 bits per heavy atom. The van der Waals surface area contributed by atoms with E-state index >= 15 is 0 Å². The van der Waals surface area contributed by atoms with Crippen LogP contribution in [0, 0.1) is 0 Å². The van der Waals surface area contributed by atoms with Crippen LogP contribution in [0.1, 0.15) is 12.0 Å². The Morgan fingerprint density at radius 2 is 1.76 bits per heavy atom. The third-order valence-corrected chi connectivity index (χ3v) is 2.20. The number of methoxy groups -OCH3 is 1. The van der Waals surface area contributed by atoms with Crippen molar-refractivity contribution in [2.75, 3.05) is 7.11 Å². The molecule has 0 saturated heterocycles. The Hall–Kier alpha value is 0.181. The van der Waals surface area contributed by atoms with Gasteiger partial charge in [-0.25, -0.2) is 0 Å². The molecule has 0 atom stereocenters. The predicted octanol–water partition coefficient (Wildman–Crippen LogP) is -1.15. The SMILES string of the molecule is COC(=O)CCc1ccc([B-](F)(F)F)cc1.[K+]. The van der Waals surface area contributed by atoms with E-state index in [-0.39, 0.29) is 63.8 Å². The summed E-state index contributed by atoms with van der Waals surface area (Å²) in [6.45, 7) is -4.94. The van der Waals surface area contributed by atoms with E-state index in [1.54, 1.807) is 0 Å². The Bertz CT molecular complexity index is 365. The van der Waals surface area contributed by atoms with Crippen molar-refractivity contribution in [3.63, 3.8) is 0 Å². The van der Waals surface area contributed by atoms with E-state index < -0.39 is 12.4 Å². The molecule has 0 unspecified atom stereocenters. The van der Waals surface area contributed by atoms with Gasteiger partial charge in [0.2, 0.25) is 0 Å². The molecule has 0 amide bonds. The quantitative estimate of drug-likeness (QED) is 0.510. The van der Waals surface area contributed by atoms with Gasteiger partial charge in [0, 0.05) is 6.42 Å². The summed E-state index contributed by atoms with van der Waals surface area (Å²) in [6.07, 6.45) is 0.560. The first kappa shape index (κ1) is 17.2. The van der Waals surface area contributed by atoms with Crippen molar-refractivity contribution in [3.8, 4) is 0 Å². The molecule has 88 valence electrons. The molecule has 1 rings (SSSR count). The van der Waals surface area contributed by atoms with Crippen LogP contribution in [-0.2, 0) is 16.0 Å². The number of benzene rings is 1. The molecule has 17 heavy (non-hydrogen) atoms. The monoisotopic (exact) mass is 270 g/mol. The largest absolute Gasteiger partial charge is 1.00 e. The molecule has 1 aromatic carbocycles. The first-order chi connectivity index (χ1) is 7.43. The van der Waals surface area contributed by atoms with Gasteiger partial charge in [0.05, 0.1) is 7.11 Å². The Kier molecular flexibility index (Phi) is 7.66. The summed E-state index contributed by atoms with van der Waals surface area (Å²) >= 11 is 0. The number of hydrogen-bond acceptors (Lipinski definition) is 2. The van der Waals surface area contributed by atoms with E-state index in [4.69, 9.17) is 0 Å². The summed E-state index contributed by atoms with van der Waals surface area (Å²) in [5.41, 5.74) is 0.0658. The van der Waals surface area contributed by atoms with Crippen LogP contribution in [0.5, 0.6) is 0 Å². The van der Waals surface area contributed by atoms with Crippen LogP contribution >= 0.6 is 0 Å². The maximum absolute atomic E-state index is 12.3. The first-order valence-electron chi connectivity index (χ1n) is 4.79. The zero-order valence-corrected chi connectivity index (χ0v) is 12.9. The Morgan fingerprint density at radius 1 is 1.24 bits per heavy atom. The summed E-state index contributed by atoms with van der Waals surface area (Å²) in [6, 6.07) is 4.83. The summed E-state index contributed by atoms with van der Waals surface area (Å²) in [4.78, 5) is 10.8. The first-order valence-corrected chi connectivity index (χ1v) is 4.79. The zero-order valence-electron chi connectivity index (χ0n) is 9.75. The molecule has 0 heterocycles. The number of hydrogen-bond donors (Lipinski definition) is 0. The summed E-state index contributed by atoms with van der Waals surface area (Å²) in [7, 11) is 1.28. The molecule has 7 heteroatoms. The molecule has 0 radical (unpaired) electrons. The second-order valence-corrected chi connectivity index (χ2v) is 3.39. The van der Waals surface area contributed by atoms with Gasteiger partial charge in [0.1, 0.15) is 0 Å². The molecular weight excluding hydrogens is 259 g/mol. The Balaban J connectivity index is 0.00000256. The van der Waals surface area contributed by atoms with Crippen molar-refractivity contribution in [2.24, 2.45) is 0 Å². The average molecular weight is 270 g/mol. The number of esters is 1. The number of carbonyl (C=O) groups excluding carboxylic acids is 1. The second-order valence-electron chi connectivity index (χ2n) is 3.39. The number of rotatable bonds is 4. The van der Waals surface area contributed by atoms with Crippen molar-refractivity contribution in [1.29, 1.82) is 0 Å². The summed E-state index contributed by atoms with van der Waals surface area (Å²) < 4.78 is 41.3. The van der Waals surface area contributed by atoms with Gasteiger partial charge in [-0.05, 0) is 12.0 Å². The molecule has 0 spiro atoms. The van der Waals surface area contributed by atoms with Crippen LogP contribution in [0.3, 0.4) is 0 Å². The fourth-order valence-corrected chi connectivity index (χ4v) is 1.25. The molecule has 0 saturated carbocycles. The molecule has 2 nitrogen and oxygen atoms in total. The Labute approximate surface area is 140 Å². The fourth-order valence-electron chi connectivity index (χ4n) is 1.25. The van der Waals surface area contributed by atoms with Crippen molar-refractivity contribution in [1.82, 2.24) is 0 Å². The summed E-state index contributed by atoms with van der Waals surface area (Å²) in [5.74, 6) is -0.371. The molecule has 1 aromatic rings. The van der Waals surface area contributed by atoms with E-state index in [1.807, 2.05) is 0 Å². The van der Waals surface area contributed by atoms with E-state index in [0.717, 1.165) is 12.1 Å². The van der Waals surface area contributed by atoms with E-state index in [2.05, 4.69) is 4.74 Å². The number of carbonyl (C=O) groups is 1. The standard InChI is InChI=1S/C10H11BF3O2.K/c1-16-10(15)7-4-8-2-5-9(6-3-8)11(12,13)14;/h2-3,5-6H,4,7H2,1H3;/q-1;+1. The molecule has 0 bridgehead atoms. The minimum absolute atomic E-state index is 0. The van der Waals surface area contributed by atoms with Crippen LogP contribution in [0.4, 0.5) is 12.9 Å². The third-order valence-electron chi connectivity index (χ3n) is 2.20. The fraction of sp³-hybridized carbons (Fsp3) is 0.300. The molecule has 0 aliphatic rings. The van der Waals surface area contributed by atoms with Gasteiger partial charge in [0.15, 0.2) is 0 Å². The normalized spacial score (nSPS) is 10.6. The van der Waals surface area contributed by atoms with E-state index in [1.165, 1.54) is 19.2 Å². The minimum atomic E-state index is -4.94. The topological polar surface area (TPSA) is 26.3 Å². The average Bonchev–Trinajstić information content (AvgIpc) is 2.25. The van der Waals surface area contributed by atoms with Crippen molar-refractivity contribution >= 4 is 18.4 Å². The predicted molar refractivity (Wildman–Crippen MR) is 55.5 cm³/mol. The molecular formula is C10H11BF3KO2. The van der Waals surface area contributed by atoms with Crippen LogP contribution < -0.4 is 56.8 Å². The van der Waals surface area contributed by atoms with Gasteiger partial charge >= 0.3 is 64.3 Å². The number of ether oxygens (including phenoxy) is 1. The van der Waals surface area contributed by atoms with Gasteiger partial charge in [-0.3, -0.25) is 4.79 Å². The third kappa shape index (κ3) is 6.06. The van der Waals surface area contributed by atoms with Gasteiger partial charge in [0.25, 0.3) is 0 Å². The van der Waals surface area contributed by atoms with Crippen LogP contribution in [-0.4, -0.2) is 20.1 Å². The van der Waals surface area contributed by atoms with Crippen molar-refractivity contribution in [2.45, 2.75) is 12.8 Å².